The number of aliphatic hydroxyl groups excluding tert-OH is 3. The minimum atomic E-state index is -0.503. The van der Waals surface area contributed by atoms with E-state index in [2.05, 4.69) is 35.0 Å². The van der Waals surface area contributed by atoms with E-state index in [1.807, 2.05) is 0 Å². The summed E-state index contributed by atoms with van der Waals surface area (Å²) >= 11 is 1.54. The SMILES string of the molecule is [C-]#[N+][C@@H]1C[C@@H](O)C(c2ccc3c(c2)C(CC)CCC3O)C1CCCc1ncc(CO)s1. The molecule has 0 saturated heterocycles. The number of fused-ring (bicyclic) bond motifs is 1. The molecule has 1 aromatic heterocycles. The molecule has 4 unspecified atom stereocenters. The van der Waals surface area contributed by atoms with Gasteiger partial charge in [0.15, 0.2) is 0 Å². The fraction of sp³-hybridized carbons (Fsp3) is 0.600. The van der Waals surface area contributed by atoms with Crippen LogP contribution < -0.4 is 0 Å². The van der Waals surface area contributed by atoms with Crippen LogP contribution in [0.5, 0.6) is 0 Å². The molecule has 1 fully saturated rings. The van der Waals surface area contributed by atoms with Crippen molar-refractivity contribution in [2.45, 2.75) is 88.6 Å². The number of aliphatic hydroxyl groups is 3. The molecule has 6 heteroatoms. The lowest BCUT2D eigenvalue weighted by Crippen LogP contribution is -2.21. The van der Waals surface area contributed by atoms with Crippen LogP contribution in [0.4, 0.5) is 0 Å². The van der Waals surface area contributed by atoms with Gasteiger partial charge in [0, 0.05) is 24.5 Å². The van der Waals surface area contributed by atoms with Crippen molar-refractivity contribution in [3.8, 4) is 0 Å². The lowest BCUT2D eigenvalue weighted by Gasteiger charge is -2.30. The van der Waals surface area contributed by atoms with Crippen molar-refractivity contribution in [1.82, 2.24) is 4.98 Å². The van der Waals surface area contributed by atoms with E-state index in [9.17, 15) is 15.3 Å². The average molecular weight is 441 g/mol. The van der Waals surface area contributed by atoms with Gasteiger partial charge >= 0.3 is 0 Å². The molecule has 0 bridgehead atoms. The largest absolute Gasteiger partial charge is 0.392 e. The summed E-state index contributed by atoms with van der Waals surface area (Å²) in [6, 6.07) is 6.18. The third-order valence-electron chi connectivity index (χ3n) is 7.28. The normalized spacial score (nSPS) is 30.2. The van der Waals surface area contributed by atoms with Crippen LogP contribution in [0.15, 0.2) is 24.4 Å². The average Bonchev–Trinajstić information content (AvgIpc) is 3.37. The van der Waals surface area contributed by atoms with Gasteiger partial charge in [-0.2, -0.15) is 0 Å². The zero-order chi connectivity index (χ0) is 22.0. The Hall–Kier alpha value is -1.78. The van der Waals surface area contributed by atoms with Crippen molar-refractivity contribution < 1.29 is 15.3 Å². The molecule has 0 aliphatic heterocycles. The van der Waals surface area contributed by atoms with Gasteiger partial charge in [-0.15, -0.1) is 11.3 Å². The molecule has 2 aromatic rings. The summed E-state index contributed by atoms with van der Waals surface area (Å²) in [6.07, 6.45) is 6.85. The maximum absolute atomic E-state index is 10.9. The predicted octanol–water partition coefficient (Wildman–Crippen LogP) is 4.73. The van der Waals surface area contributed by atoms with Gasteiger partial charge in [-0.25, -0.2) is 11.6 Å². The van der Waals surface area contributed by atoms with E-state index in [1.165, 1.54) is 5.56 Å². The molecule has 0 radical (unpaired) electrons. The number of thiazole rings is 1. The quantitative estimate of drug-likeness (QED) is 0.544. The van der Waals surface area contributed by atoms with Crippen molar-refractivity contribution in [3.05, 3.63) is 62.4 Å². The van der Waals surface area contributed by atoms with Crippen LogP contribution in [0.3, 0.4) is 0 Å². The molecule has 166 valence electrons. The van der Waals surface area contributed by atoms with Gasteiger partial charge in [0.25, 0.3) is 0 Å². The fourth-order valence-corrected chi connectivity index (χ4v) is 6.49. The summed E-state index contributed by atoms with van der Waals surface area (Å²) in [5.74, 6) is 0.541. The van der Waals surface area contributed by atoms with Gasteiger partial charge in [0.2, 0.25) is 6.04 Å². The second kappa shape index (κ2) is 9.79. The second-order valence-electron chi connectivity index (χ2n) is 9.05. The first kappa shape index (κ1) is 22.4. The summed E-state index contributed by atoms with van der Waals surface area (Å²) in [4.78, 5) is 9.13. The maximum Gasteiger partial charge on any atom is 0.229 e. The highest BCUT2D eigenvalue weighted by atomic mass is 32.1. The second-order valence-corrected chi connectivity index (χ2v) is 10.2. The molecule has 1 heterocycles. The summed E-state index contributed by atoms with van der Waals surface area (Å²) in [7, 11) is 0. The van der Waals surface area contributed by atoms with Gasteiger partial charge in [-0.3, -0.25) is 0 Å². The molecular formula is C25H32N2O3S. The minimum absolute atomic E-state index is 0.0279. The number of hydrogen-bond acceptors (Lipinski definition) is 5. The number of hydrogen-bond donors (Lipinski definition) is 3. The molecule has 31 heavy (non-hydrogen) atoms. The molecule has 0 spiro atoms. The zero-order valence-corrected chi connectivity index (χ0v) is 18.9. The van der Waals surface area contributed by atoms with Crippen LogP contribution in [0.2, 0.25) is 0 Å². The summed E-state index contributed by atoms with van der Waals surface area (Å²) < 4.78 is 0. The van der Waals surface area contributed by atoms with E-state index >= 15 is 0 Å². The monoisotopic (exact) mass is 440 g/mol. The Labute approximate surface area is 188 Å². The van der Waals surface area contributed by atoms with Crippen LogP contribution >= 0.6 is 11.3 Å². The molecule has 6 atom stereocenters. The molecular weight excluding hydrogens is 408 g/mol. The topological polar surface area (TPSA) is 77.9 Å². The van der Waals surface area contributed by atoms with E-state index < -0.39 is 12.2 Å². The third-order valence-corrected chi connectivity index (χ3v) is 8.32. The molecule has 4 rings (SSSR count). The Morgan fingerprint density at radius 1 is 1.23 bits per heavy atom. The van der Waals surface area contributed by atoms with E-state index in [1.54, 1.807) is 17.5 Å². The predicted molar refractivity (Wildman–Crippen MR) is 122 cm³/mol. The van der Waals surface area contributed by atoms with Crippen molar-refractivity contribution in [3.63, 3.8) is 0 Å². The number of aromatic nitrogens is 1. The van der Waals surface area contributed by atoms with E-state index in [0.717, 1.165) is 59.5 Å². The van der Waals surface area contributed by atoms with Crippen LogP contribution in [0.1, 0.15) is 90.0 Å². The highest BCUT2D eigenvalue weighted by Crippen LogP contribution is 2.47. The Balaban J connectivity index is 1.54. The minimum Gasteiger partial charge on any atom is -0.392 e. The first-order valence-corrected chi connectivity index (χ1v) is 12.3. The van der Waals surface area contributed by atoms with Crippen molar-refractivity contribution >= 4 is 11.3 Å². The Bertz CT molecular complexity index is 937. The first-order valence-electron chi connectivity index (χ1n) is 11.5. The lowest BCUT2D eigenvalue weighted by molar-refractivity contribution is 0.148. The van der Waals surface area contributed by atoms with Gasteiger partial charge in [0.1, 0.15) is 0 Å². The first-order chi connectivity index (χ1) is 15.0. The fourth-order valence-electron chi connectivity index (χ4n) is 5.66. The summed E-state index contributed by atoms with van der Waals surface area (Å²) in [5.41, 5.74) is 3.39. The highest BCUT2D eigenvalue weighted by Gasteiger charge is 2.47. The third kappa shape index (κ3) is 4.56. The van der Waals surface area contributed by atoms with Gasteiger partial charge in [-0.1, -0.05) is 25.1 Å². The molecule has 5 nitrogen and oxygen atoms in total. The van der Waals surface area contributed by atoms with Gasteiger partial charge in [-0.05, 0) is 61.1 Å². The van der Waals surface area contributed by atoms with Crippen LogP contribution in [0, 0.1) is 12.5 Å². The molecule has 1 aromatic carbocycles. The standard InChI is InChI=1S/C25H32N2O3S/c1-3-15-8-10-22(29)18-9-7-16(11-20(15)18)25-19(21(26-2)12-23(25)30)5-4-6-24-27-13-17(14-28)31-24/h7,9,11,13,15,19,21-23,25,28-30H,3-6,8,10,12,14H2,1H3/t15?,19?,21-,22?,23-,25?/m1/s1. The number of nitrogens with zero attached hydrogens (tertiary/aromatic N) is 2. The van der Waals surface area contributed by atoms with Crippen molar-refractivity contribution in [1.29, 1.82) is 0 Å². The molecule has 1 saturated carbocycles. The van der Waals surface area contributed by atoms with Crippen LogP contribution in [-0.2, 0) is 13.0 Å². The number of aryl methyl sites for hydroxylation is 1. The Kier molecular flexibility index (Phi) is 7.08. The van der Waals surface area contributed by atoms with E-state index in [4.69, 9.17) is 6.57 Å². The highest BCUT2D eigenvalue weighted by molar-refractivity contribution is 7.11. The Morgan fingerprint density at radius 2 is 2.06 bits per heavy atom. The van der Waals surface area contributed by atoms with E-state index in [-0.39, 0.29) is 24.5 Å². The molecule has 0 amide bonds. The van der Waals surface area contributed by atoms with Crippen molar-refractivity contribution in [2.24, 2.45) is 5.92 Å². The summed E-state index contributed by atoms with van der Waals surface area (Å²) in [5, 5.41) is 31.6. The Morgan fingerprint density at radius 3 is 2.77 bits per heavy atom. The summed E-state index contributed by atoms with van der Waals surface area (Å²) in [6.45, 7) is 9.91. The van der Waals surface area contributed by atoms with Gasteiger partial charge < -0.3 is 20.2 Å². The smallest absolute Gasteiger partial charge is 0.229 e. The zero-order valence-electron chi connectivity index (χ0n) is 18.1. The van der Waals surface area contributed by atoms with Crippen LogP contribution in [0.25, 0.3) is 4.85 Å². The van der Waals surface area contributed by atoms with Crippen molar-refractivity contribution in [2.75, 3.05) is 0 Å². The number of rotatable bonds is 7. The molecule has 3 N–H and O–H groups in total. The molecule has 2 aliphatic rings. The van der Waals surface area contributed by atoms with Crippen LogP contribution in [-0.4, -0.2) is 32.4 Å². The molecule has 2 aliphatic carbocycles. The lowest BCUT2D eigenvalue weighted by atomic mass is 9.76. The van der Waals surface area contributed by atoms with Gasteiger partial charge in [0.05, 0.1) is 28.7 Å². The van der Waals surface area contributed by atoms with E-state index in [0.29, 0.717) is 12.3 Å². The number of benzene rings is 1. The maximum atomic E-state index is 10.9.